The number of anilines is 1. The number of rotatable bonds is 8. The van der Waals surface area contributed by atoms with Crippen LogP contribution in [0.1, 0.15) is 12.0 Å². The molecule has 0 bridgehead atoms. The first-order valence-electron chi connectivity index (χ1n) is 10.5. The molecule has 0 unspecified atom stereocenters. The van der Waals surface area contributed by atoms with Crippen LogP contribution in [0.3, 0.4) is 0 Å². The molecule has 33 heavy (non-hydrogen) atoms. The van der Waals surface area contributed by atoms with Gasteiger partial charge in [-0.3, -0.25) is 4.79 Å². The summed E-state index contributed by atoms with van der Waals surface area (Å²) in [5.74, 6) is 0.778. The van der Waals surface area contributed by atoms with E-state index in [9.17, 15) is 4.79 Å². The monoisotopic (exact) mass is 523 g/mol. The lowest BCUT2D eigenvalue weighted by molar-refractivity contribution is -0.124. The smallest absolute Gasteiger partial charge is 0.246 e. The molecule has 0 aliphatic rings. The molecule has 0 saturated heterocycles. The number of amides is 1. The first-order chi connectivity index (χ1) is 16.0. The number of fused-ring (bicyclic) bond motifs is 1. The summed E-state index contributed by atoms with van der Waals surface area (Å²) in [6.07, 6.45) is 5.92. The second-order valence-electron chi connectivity index (χ2n) is 7.52. The van der Waals surface area contributed by atoms with Crippen LogP contribution in [0.2, 0.25) is 5.02 Å². The van der Waals surface area contributed by atoms with E-state index in [0.717, 1.165) is 33.5 Å². The number of benzene rings is 2. The number of nitrogens with one attached hydrogen (secondary N) is 1. The highest BCUT2D eigenvalue weighted by Crippen LogP contribution is 2.30. The lowest BCUT2D eigenvalue weighted by atomic mass is 10.1. The van der Waals surface area contributed by atoms with Gasteiger partial charge in [-0.2, -0.15) is 9.61 Å². The maximum Gasteiger partial charge on any atom is 0.246 e. The van der Waals surface area contributed by atoms with Gasteiger partial charge < -0.3 is 10.2 Å². The molecule has 2 heterocycles. The largest absolute Gasteiger partial charge is 0.370 e. The van der Waals surface area contributed by atoms with Gasteiger partial charge in [0.05, 0.1) is 16.4 Å². The molecule has 6 nitrogen and oxygen atoms in total. The van der Waals surface area contributed by atoms with Gasteiger partial charge in [-0.15, -0.1) is 0 Å². The van der Waals surface area contributed by atoms with Gasteiger partial charge in [0.25, 0.3) is 0 Å². The Hall–Kier alpha value is -3.16. The highest BCUT2D eigenvalue weighted by molar-refractivity contribution is 9.10. The summed E-state index contributed by atoms with van der Waals surface area (Å²) in [5.41, 5.74) is 3.32. The molecule has 0 aliphatic carbocycles. The van der Waals surface area contributed by atoms with Gasteiger partial charge in [0, 0.05) is 42.9 Å². The lowest BCUT2D eigenvalue weighted by Crippen LogP contribution is -2.27. The van der Waals surface area contributed by atoms with Crippen molar-refractivity contribution in [3.8, 4) is 11.3 Å². The van der Waals surface area contributed by atoms with E-state index >= 15 is 0 Å². The molecule has 0 saturated carbocycles. The van der Waals surface area contributed by atoms with Crippen LogP contribution in [0, 0.1) is 0 Å². The average molecular weight is 525 g/mol. The Bertz CT molecular complexity index is 1290. The Balaban J connectivity index is 1.40. The molecule has 0 aliphatic heterocycles. The molecule has 1 amide bonds. The van der Waals surface area contributed by atoms with E-state index in [0.29, 0.717) is 23.8 Å². The third-order valence-corrected chi connectivity index (χ3v) is 6.04. The summed E-state index contributed by atoms with van der Waals surface area (Å²) < 4.78 is 2.55. The molecule has 0 atom stereocenters. The minimum absolute atomic E-state index is 0.0258. The third kappa shape index (κ3) is 5.61. The minimum atomic E-state index is -0.0258. The Labute approximate surface area is 206 Å². The van der Waals surface area contributed by atoms with Crippen LogP contribution in [-0.2, 0) is 4.79 Å². The minimum Gasteiger partial charge on any atom is -0.370 e. The molecule has 0 fully saturated rings. The molecule has 4 rings (SSSR count). The fourth-order valence-electron chi connectivity index (χ4n) is 3.37. The number of halogens is 2. The van der Waals surface area contributed by atoms with E-state index in [2.05, 4.69) is 26.3 Å². The highest BCUT2D eigenvalue weighted by atomic mass is 79.9. The molecule has 0 spiro atoms. The van der Waals surface area contributed by atoms with Gasteiger partial charge in [0.2, 0.25) is 5.91 Å². The molecule has 2 aromatic carbocycles. The summed E-state index contributed by atoms with van der Waals surface area (Å²) in [6.45, 7) is 1.29. The fraction of sp³-hybridized carbons (Fsp3) is 0.160. The van der Waals surface area contributed by atoms with E-state index in [1.807, 2.05) is 73.8 Å². The van der Waals surface area contributed by atoms with Crippen LogP contribution in [0.4, 0.5) is 5.82 Å². The third-order valence-electron chi connectivity index (χ3n) is 5.15. The van der Waals surface area contributed by atoms with Crippen LogP contribution >= 0.6 is 27.5 Å². The molecule has 0 radical (unpaired) electrons. The number of carbonyl (C=O) groups is 1. The number of nitrogens with zero attached hydrogens (tertiary/aromatic N) is 4. The van der Waals surface area contributed by atoms with Crippen molar-refractivity contribution >= 4 is 51.0 Å². The fourth-order valence-corrected chi connectivity index (χ4v) is 3.95. The van der Waals surface area contributed by atoms with Crippen LogP contribution in [-0.4, -0.2) is 45.5 Å². The summed E-state index contributed by atoms with van der Waals surface area (Å²) in [4.78, 5) is 18.8. The second kappa shape index (κ2) is 10.6. The molecule has 8 heteroatoms. The van der Waals surface area contributed by atoms with Gasteiger partial charge in [-0.1, -0.05) is 60.1 Å². The summed E-state index contributed by atoms with van der Waals surface area (Å²) in [6, 6.07) is 19.3. The first kappa shape index (κ1) is 23.0. The second-order valence-corrected chi connectivity index (χ2v) is 8.78. The topological polar surface area (TPSA) is 62.5 Å². The molecule has 1 N–H and O–H groups in total. The number of hydrogen-bond donors (Lipinski definition) is 1. The quantitative estimate of drug-likeness (QED) is 0.234. The van der Waals surface area contributed by atoms with Gasteiger partial charge in [-0.25, -0.2) is 4.98 Å². The van der Waals surface area contributed by atoms with Gasteiger partial charge in [-0.05, 0) is 40.1 Å². The number of carbonyl (C=O) groups excluding carboxylic acids is 1. The summed E-state index contributed by atoms with van der Waals surface area (Å²) >= 11 is 9.91. The van der Waals surface area contributed by atoms with Gasteiger partial charge in [0.15, 0.2) is 5.65 Å². The average Bonchev–Trinajstić information content (AvgIpc) is 3.21. The van der Waals surface area contributed by atoms with E-state index in [1.165, 1.54) is 0 Å². The van der Waals surface area contributed by atoms with Crippen molar-refractivity contribution in [2.24, 2.45) is 0 Å². The van der Waals surface area contributed by atoms with Crippen molar-refractivity contribution in [2.45, 2.75) is 6.42 Å². The van der Waals surface area contributed by atoms with E-state index < -0.39 is 0 Å². The summed E-state index contributed by atoms with van der Waals surface area (Å²) in [5, 5.41) is 8.47. The van der Waals surface area contributed by atoms with Crippen LogP contribution < -0.4 is 5.32 Å². The SMILES string of the molecule is CN(CCCNc1cc(-c2ccccc2Cl)nc2c(Br)cnn12)C(=O)C=Cc1ccccc1. The molecule has 4 aromatic rings. The number of aromatic nitrogens is 3. The zero-order chi connectivity index (χ0) is 23.2. The first-order valence-corrected chi connectivity index (χ1v) is 11.7. The van der Waals surface area contributed by atoms with Gasteiger partial charge in [0.1, 0.15) is 5.82 Å². The van der Waals surface area contributed by atoms with Crippen LogP contribution in [0.5, 0.6) is 0 Å². The van der Waals surface area contributed by atoms with Crippen molar-refractivity contribution < 1.29 is 4.79 Å². The zero-order valence-corrected chi connectivity index (χ0v) is 20.4. The Morgan fingerprint density at radius 1 is 1.18 bits per heavy atom. The normalized spacial score (nSPS) is 11.2. The Morgan fingerprint density at radius 2 is 1.94 bits per heavy atom. The van der Waals surface area contributed by atoms with Crippen molar-refractivity contribution in [3.63, 3.8) is 0 Å². The zero-order valence-electron chi connectivity index (χ0n) is 18.1. The standard InChI is InChI=1S/C25H23BrClN5O/c1-31(24(33)13-12-18-8-3-2-4-9-18)15-7-14-28-23-16-22(19-10-5-6-11-21(19)27)30-25-20(26)17-29-32(23)25/h2-6,8-13,16-17,28H,7,14-15H2,1H3. The van der Waals surface area contributed by atoms with Crippen LogP contribution in [0.15, 0.2) is 77.4 Å². The van der Waals surface area contributed by atoms with Crippen LogP contribution in [0.25, 0.3) is 23.0 Å². The molecular formula is C25H23BrClN5O. The van der Waals surface area contributed by atoms with Crippen molar-refractivity contribution in [2.75, 3.05) is 25.5 Å². The summed E-state index contributed by atoms with van der Waals surface area (Å²) in [7, 11) is 1.81. The predicted molar refractivity (Wildman–Crippen MR) is 137 cm³/mol. The lowest BCUT2D eigenvalue weighted by Gasteiger charge is -2.16. The Kier molecular flexibility index (Phi) is 7.42. The molecule has 2 aromatic heterocycles. The predicted octanol–water partition coefficient (Wildman–Crippen LogP) is 5.79. The van der Waals surface area contributed by atoms with E-state index in [1.54, 1.807) is 21.7 Å². The van der Waals surface area contributed by atoms with Crippen molar-refractivity contribution in [1.82, 2.24) is 19.5 Å². The van der Waals surface area contributed by atoms with Crippen molar-refractivity contribution in [1.29, 1.82) is 0 Å². The number of hydrogen-bond acceptors (Lipinski definition) is 4. The number of likely N-dealkylation sites (N-methyl/N-ethyl adjacent to an activating group) is 1. The molecular weight excluding hydrogens is 502 g/mol. The van der Waals surface area contributed by atoms with E-state index in [-0.39, 0.29) is 5.91 Å². The van der Waals surface area contributed by atoms with Crippen molar-refractivity contribution in [3.05, 3.63) is 88.0 Å². The van der Waals surface area contributed by atoms with E-state index in [4.69, 9.17) is 16.6 Å². The highest BCUT2D eigenvalue weighted by Gasteiger charge is 2.13. The molecule has 168 valence electrons. The Morgan fingerprint density at radius 3 is 2.73 bits per heavy atom. The maximum absolute atomic E-state index is 12.4. The maximum atomic E-state index is 12.4. The van der Waals surface area contributed by atoms with Gasteiger partial charge >= 0.3 is 0 Å².